The molecule has 1 N–H and O–H groups in total. The van der Waals surface area contributed by atoms with Crippen molar-refractivity contribution >= 4 is 39.7 Å². The monoisotopic (exact) mass is 354 g/mol. The molecular formula is C15H15BrO5. The predicted octanol–water partition coefficient (Wildman–Crippen LogP) is 2.47. The SMILES string of the molecule is CCOC(=O)c1ccc(/C=C/C(=O)O)cc1CC(=O)CBr. The van der Waals surface area contributed by atoms with Gasteiger partial charge in [-0.3, -0.25) is 4.79 Å². The van der Waals surface area contributed by atoms with Gasteiger partial charge >= 0.3 is 11.9 Å². The van der Waals surface area contributed by atoms with E-state index < -0.39 is 11.9 Å². The van der Waals surface area contributed by atoms with E-state index in [4.69, 9.17) is 9.84 Å². The third-order valence-electron chi connectivity index (χ3n) is 2.58. The fraction of sp³-hybridized carbons (Fsp3) is 0.267. The van der Waals surface area contributed by atoms with E-state index in [1.165, 1.54) is 12.1 Å². The first-order chi connectivity index (χ1) is 9.97. The summed E-state index contributed by atoms with van der Waals surface area (Å²) in [7, 11) is 0. The molecule has 0 unspecified atom stereocenters. The normalized spacial score (nSPS) is 10.6. The van der Waals surface area contributed by atoms with Gasteiger partial charge in [0.15, 0.2) is 0 Å². The number of rotatable bonds is 7. The molecule has 21 heavy (non-hydrogen) atoms. The third kappa shape index (κ3) is 5.51. The highest BCUT2D eigenvalue weighted by molar-refractivity contribution is 9.09. The molecule has 0 aromatic heterocycles. The van der Waals surface area contributed by atoms with Gasteiger partial charge in [0, 0.05) is 12.5 Å². The van der Waals surface area contributed by atoms with Crippen LogP contribution in [0.15, 0.2) is 24.3 Å². The molecule has 1 aromatic rings. The first-order valence-electron chi connectivity index (χ1n) is 6.26. The van der Waals surface area contributed by atoms with E-state index in [-0.39, 0.29) is 24.1 Å². The van der Waals surface area contributed by atoms with Gasteiger partial charge in [-0.05, 0) is 30.2 Å². The second kappa shape index (κ2) is 8.36. The van der Waals surface area contributed by atoms with Gasteiger partial charge < -0.3 is 9.84 Å². The molecule has 1 aromatic carbocycles. The summed E-state index contributed by atoms with van der Waals surface area (Å²) in [4.78, 5) is 34.0. The minimum Gasteiger partial charge on any atom is -0.478 e. The van der Waals surface area contributed by atoms with Crippen LogP contribution in [-0.4, -0.2) is 34.8 Å². The molecule has 0 fully saturated rings. The van der Waals surface area contributed by atoms with E-state index in [0.29, 0.717) is 16.7 Å². The van der Waals surface area contributed by atoms with Gasteiger partial charge in [0.25, 0.3) is 0 Å². The number of hydrogen-bond donors (Lipinski definition) is 1. The first kappa shape index (κ1) is 17.1. The Bertz CT molecular complexity index is 577. The third-order valence-corrected chi connectivity index (χ3v) is 3.21. The smallest absolute Gasteiger partial charge is 0.338 e. The van der Waals surface area contributed by atoms with E-state index in [1.54, 1.807) is 19.1 Å². The van der Waals surface area contributed by atoms with E-state index in [0.717, 1.165) is 6.08 Å². The van der Waals surface area contributed by atoms with Crippen molar-refractivity contribution in [2.75, 3.05) is 11.9 Å². The van der Waals surface area contributed by atoms with Crippen LogP contribution >= 0.6 is 15.9 Å². The van der Waals surface area contributed by atoms with Crippen molar-refractivity contribution in [2.45, 2.75) is 13.3 Å². The number of carboxylic acid groups (broad SMARTS) is 1. The zero-order chi connectivity index (χ0) is 15.8. The predicted molar refractivity (Wildman–Crippen MR) is 81.6 cm³/mol. The molecule has 0 saturated carbocycles. The maximum Gasteiger partial charge on any atom is 0.338 e. The summed E-state index contributed by atoms with van der Waals surface area (Å²) in [5, 5.41) is 8.80. The van der Waals surface area contributed by atoms with Crippen LogP contribution in [0.5, 0.6) is 0 Å². The van der Waals surface area contributed by atoms with E-state index in [9.17, 15) is 14.4 Å². The summed E-state index contributed by atoms with van der Waals surface area (Å²) in [6.45, 7) is 1.94. The lowest BCUT2D eigenvalue weighted by atomic mass is 9.99. The van der Waals surface area contributed by atoms with Crippen LogP contribution in [0.2, 0.25) is 0 Å². The molecular weight excluding hydrogens is 340 g/mol. The number of alkyl halides is 1. The number of Topliss-reactive ketones (excluding diaryl/α,β-unsaturated/α-hetero) is 1. The quantitative estimate of drug-likeness (QED) is 0.462. The minimum atomic E-state index is -1.07. The highest BCUT2D eigenvalue weighted by Gasteiger charge is 2.15. The Morgan fingerprint density at radius 3 is 2.62 bits per heavy atom. The molecule has 0 spiro atoms. The molecule has 0 radical (unpaired) electrons. The Morgan fingerprint density at radius 1 is 1.33 bits per heavy atom. The average Bonchev–Trinajstić information content (AvgIpc) is 2.45. The topological polar surface area (TPSA) is 80.7 Å². The van der Waals surface area contributed by atoms with Gasteiger partial charge in [0.05, 0.1) is 17.5 Å². The molecule has 0 saturated heterocycles. The van der Waals surface area contributed by atoms with Gasteiger partial charge in [-0.1, -0.05) is 28.1 Å². The maximum absolute atomic E-state index is 11.9. The van der Waals surface area contributed by atoms with Crippen molar-refractivity contribution in [1.29, 1.82) is 0 Å². The van der Waals surface area contributed by atoms with Crippen LogP contribution in [0.4, 0.5) is 0 Å². The van der Waals surface area contributed by atoms with E-state index in [2.05, 4.69) is 15.9 Å². The molecule has 0 aliphatic rings. The fourth-order valence-electron chi connectivity index (χ4n) is 1.70. The number of ether oxygens (including phenoxy) is 1. The molecule has 6 heteroatoms. The van der Waals surface area contributed by atoms with Crippen molar-refractivity contribution in [1.82, 2.24) is 0 Å². The summed E-state index contributed by atoms with van der Waals surface area (Å²) in [5.74, 6) is -1.65. The lowest BCUT2D eigenvalue weighted by Gasteiger charge is -2.09. The summed E-state index contributed by atoms with van der Waals surface area (Å²) in [5.41, 5.74) is 1.44. The second-order valence-corrected chi connectivity index (χ2v) is 4.72. The highest BCUT2D eigenvalue weighted by Crippen LogP contribution is 2.16. The van der Waals surface area contributed by atoms with Crippen LogP contribution in [-0.2, 0) is 20.7 Å². The second-order valence-electron chi connectivity index (χ2n) is 4.16. The number of carboxylic acids is 1. The van der Waals surface area contributed by atoms with Crippen LogP contribution in [0.3, 0.4) is 0 Å². The molecule has 0 aliphatic carbocycles. The zero-order valence-electron chi connectivity index (χ0n) is 11.5. The molecule has 112 valence electrons. The molecule has 5 nitrogen and oxygen atoms in total. The molecule has 1 rings (SSSR count). The molecule has 0 heterocycles. The lowest BCUT2D eigenvalue weighted by molar-refractivity contribution is -0.131. The van der Waals surface area contributed by atoms with Crippen molar-refractivity contribution in [3.8, 4) is 0 Å². The molecule has 0 bridgehead atoms. The summed E-state index contributed by atoms with van der Waals surface area (Å²) < 4.78 is 4.95. The lowest BCUT2D eigenvalue weighted by Crippen LogP contribution is -2.12. The zero-order valence-corrected chi connectivity index (χ0v) is 13.1. The van der Waals surface area contributed by atoms with Crippen LogP contribution in [0.25, 0.3) is 6.08 Å². The van der Waals surface area contributed by atoms with Gasteiger partial charge in [0.2, 0.25) is 0 Å². The Morgan fingerprint density at radius 2 is 2.05 bits per heavy atom. The van der Waals surface area contributed by atoms with E-state index in [1.807, 2.05) is 0 Å². The van der Waals surface area contributed by atoms with Gasteiger partial charge in [-0.25, -0.2) is 9.59 Å². The van der Waals surface area contributed by atoms with Gasteiger partial charge in [0.1, 0.15) is 5.78 Å². The standard InChI is InChI=1S/C15H15BrO5/c1-2-21-15(20)13-5-3-10(4-6-14(18)19)7-11(13)8-12(17)9-16/h3-7H,2,8-9H2,1H3,(H,18,19)/b6-4+. The number of ketones is 1. The minimum absolute atomic E-state index is 0.0775. The summed E-state index contributed by atoms with van der Waals surface area (Å²) in [6.07, 6.45) is 2.48. The number of carbonyl (C=O) groups is 3. The highest BCUT2D eigenvalue weighted by atomic mass is 79.9. The van der Waals surface area contributed by atoms with Gasteiger partial charge in [-0.2, -0.15) is 0 Å². The van der Waals surface area contributed by atoms with Crippen molar-refractivity contribution in [3.05, 3.63) is 41.0 Å². The Balaban J connectivity index is 3.15. The number of esters is 1. The summed E-state index contributed by atoms with van der Waals surface area (Å²) >= 11 is 3.08. The van der Waals surface area contributed by atoms with Crippen molar-refractivity contribution in [2.24, 2.45) is 0 Å². The van der Waals surface area contributed by atoms with E-state index >= 15 is 0 Å². The largest absolute Gasteiger partial charge is 0.478 e. The van der Waals surface area contributed by atoms with Crippen molar-refractivity contribution in [3.63, 3.8) is 0 Å². The number of halogens is 1. The Kier molecular flexibility index (Phi) is 6.81. The van der Waals surface area contributed by atoms with Crippen LogP contribution < -0.4 is 0 Å². The molecule has 0 amide bonds. The fourth-order valence-corrected chi connectivity index (χ4v) is 1.90. The number of aliphatic carboxylic acids is 1. The number of carbonyl (C=O) groups excluding carboxylic acids is 2. The first-order valence-corrected chi connectivity index (χ1v) is 7.38. The maximum atomic E-state index is 11.9. The molecule has 0 aliphatic heterocycles. The number of benzene rings is 1. The number of hydrogen-bond acceptors (Lipinski definition) is 4. The Labute approximate surface area is 130 Å². The molecule has 0 atom stereocenters. The van der Waals surface area contributed by atoms with Gasteiger partial charge in [-0.15, -0.1) is 0 Å². The average molecular weight is 355 g/mol. The Hall–Kier alpha value is -1.95. The van der Waals surface area contributed by atoms with Crippen LogP contribution in [0, 0.1) is 0 Å². The summed E-state index contributed by atoms with van der Waals surface area (Å²) in [6, 6.07) is 4.76. The van der Waals surface area contributed by atoms with Crippen molar-refractivity contribution < 1.29 is 24.2 Å². The van der Waals surface area contributed by atoms with Crippen LogP contribution in [0.1, 0.15) is 28.4 Å².